The van der Waals surface area contributed by atoms with Crippen molar-refractivity contribution in [2.75, 3.05) is 16.8 Å². The number of amides is 2. The zero-order valence-electron chi connectivity index (χ0n) is 24.2. The lowest BCUT2D eigenvalue weighted by Crippen LogP contribution is -2.32. The zero-order valence-corrected chi connectivity index (χ0v) is 25.0. The van der Waals surface area contributed by atoms with Gasteiger partial charge >= 0.3 is 11.9 Å². The number of carbonyl (C=O) groups is 4. The van der Waals surface area contributed by atoms with E-state index in [9.17, 15) is 19.2 Å². The first-order chi connectivity index (χ1) is 19.9. The van der Waals surface area contributed by atoms with E-state index in [1.54, 1.807) is 30.3 Å². The van der Waals surface area contributed by atoms with Gasteiger partial charge in [0, 0.05) is 11.3 Å². The first-order valence-corrected chi connectivity index (χ1v) is 14.0. The first kappa shape index (κ1) is 30.5. The number of imide groups is 1. The number of hydrogen-bond donors (Lipinski definition) is 1. The van der Waals surface area contributed by atoms with E-state index in [0.717, 1.165) is 28.9 Å². The molecule has 0 atom stereocenters. The first-order valence-electron chi connectivity index (χ1n) is 13.7. The number of aryl methyl sites for hydroxylation is 1. The molecule has 9 heteroatoms. The van der Waals surface area contributed by atoms with Crippen molar-refractivity contribution in [1.82, 2.24) is 0 Å². The maximum absolute atomic E-state index is 13.2. The van der Waals surface area contributed by atoms with Gasteiger partial charge < -0.3 is 14.8 Å². The Balaban J connectivity index is 1.44. The zero-order chi connectivity index (χ0) is 30.6. The van der Waals surface area contributed by atoms with Crippen LogP contribution in [0.1, 0.15) is 72.4 Å². The number of nitrogens with one attached hydrogen (secondary N) is 1. The third kappa shape index (κ3) is 6.71. The molecule has 42 heavy (non-hydrogen) atoms. The molecule has 0 saturated heterocycles. The summed E-state index contributed by atoms with van der Waals surface area (Å²) in [7, 11) is 0. The van der Waals surface area contributed by atoms with Crippen LogP contribution in [-0.2, 0) is 19.7 Å². The monoisotopic (exact) mass is 588 g/mol. The summed E-state index contributed by atoms with van der Waals surface area (Å²) in [4.78, 5) is 52.0. The third-order valence-electron chi connectivity index (χ3n) is 6.66. The predicted octanol–water partition coefficient (Wildman–Crippen LogP) is 6.90. The van der Waals surface area contributed by atoms with E-state index < -0.39 is 23.8 Å². The van der Waals surface area contributed by atoms with E-state index in [-0.39, 0.29) is 21.8 Å². The highest BCUT2D eigenvalue weighted by Gasteiger charge is 2.39. The molecule has 0 aliphatic carbocycles. The summed E-state index contributed by atoms with van der Waals surface area (Å²) in [6.45, 7) is 10.5. The number of hydrogen-bond acceptors (Lipinski definition) is 7. The number of anilines is 2. The van der Waals surface area contributed by atoms with Crippen molar-refractivity contribution in [3.63, 3.8) is 0 Å². The number of benzene rings is 3. The van der Waals surface area contributed by atoms with Gasteiger partial charge in [-0.1, -0.05) is 63.4 Å². The fourth-order valence-corrected chi connectivity index (χ4v) is 4.51. The summed E-state index contributed by atoms with van der Waals surface area (Å²) >= 11 is 6.26. The van der Waals surface area contributed by atoms with Crippen molar-refractivity contribution in [2.45, 2.75) is 52.9 Å². The van der Waals surface area contributed by atoms with Crippen molar-refractivity contribution in [1.29, 1.82) is 0 Å². The minimum absolute atomic E-state index is 0.102. The van der Waals surface area contributed by atoms with Gasteiger partial charge in [0.05, 0.1) is 23.4 Å². The van der Waals surface area contributed by atoms with E-state index in [0.29, 0.717) is 29.2 Å². The van der Waals surface area contributed by atoms with E-state index in [1.165, 1.54) is 24.3 Å². The Kier molecular flexibility index (Phi) is 9.17. The Labute approximate surface area is 250 Å². The van der Waals surface area contributed by atoms with Crippen LogP contribution in [0, 0.1) is 6.92 Å². The highest BCUT2D eigenvalue weighted by atomic mass is 35.5. The van der Waals surface area contributed by atoms with Crippen LogP contribution < -0.4 is 15.0 Å². The molecule has 0 bridgehead atoms. The molecule has 0 fully saturated rings. The topological polar surface area (TPSA) is 102 Å². The lowest BCUT2D eigenvalue weighted by Gasteiger charge is -2.22. The number of halogens is 1. The average molecular weight is 589 g/mol. The highest BCUT2D eigenvalue weighted by Crippen LogP contribution is 2.33. The molecular formula is C33H33ClN2O6. The van der Waals surface area contributed by atoms with E-state index in [1.807, 2.05) is 26.0 Å². The molecule has 3 aromatic carbocycles. The van der Waals surface area contributed by atoms with Gasteiger partial charge in [-0.05, 0) is 73.4 Å². The summed E-state index contributed by atoms with van der Waals surface area (Å²) in [5.41, 5.74) is 2.99. The molecular weight excluding hydrogens is 556 g/mol. The molecule has 4 rings (SSSR count). The minimum Gasteiger partial charge on any atom is -0.462 e. The number of rotatable bonds is 9. The molecule has 2 amide bonds. The van der Waals surface area contributed by atoms with Crippen molar-refractivity contribution in [3.05, 3.63) is 99.7 Å². The van der Waals surface area contributed by atoms with Gasteiger partial charge in [-0.15, -0.1) is 0 Å². The summed E-state index contributed by atoms with van der Waals surface area (Å²) < 4.78 is 10.9. The van der Waals surface area contributed by atoms with Gasteiger partial charge in [-0.3, -0.25) is 9.59 Å². The van der Waals surface area contributed by atoms with E-state index >= 15 is 0 Å². The van der Waals surface area contributed by atoms with Gasteiger partial charge in [0.25, 0.3) is 11.8 Å². The number of carbonyl (C=O) groups excluding carboxylic acids is 4. The lowest BCUT2D eigenvalue weighted by atomic mass is 9.85. The molecule has 1 heterocycles. The van der Waals surface area contributed by atoms with Gasteiger partial charge in [0.1, 0.15) is 16.5 Å². The Hall–Kier alpha value is -4.43. The molecule has 0 unspecified atom stereocenters. The molecule has 1 aliphatic heterocycles. The quantitative estimate of drug-likeness (QED) is 0.125. The number of ether oxygens (including phenoxy) is 2. The Morgan fingerprint density at radius 2 is 1.50 bits per heavy atom. The van der Waals surface area contributed by atoms with Gasteiger partial charge in [-0.2, -0.15) is 0 Å². The van der Waals surface area contributed by atoms with Crippen LogP contribution in [0.3, 0.4) is 0 Å². The summed E-state index contributed by atoms with van der Waals surface area (Å²) in [5, 5.41) is 2.61. The smallest absolute Gasteiger partial charge is 0.343 e. The van der Waals surface area contributed by atoms with Crippen molar-refractivity contribution in [3.8, 4) is 5.75 Å². The predicted molar refractivity (Wildman–Crippen MR) is 162 cm³/mol. The average Bonchev–Trinajstić information content (AvgIpc) is 3.16. The summed E-state index contributed by atoms with van der Waals surface area (Å²) in [6.07, 6.45) is 1.66. The van der Waals surface area contributed by atoms with Crippen LogP contribution in [0.25, 0.3) is 0 Å². The molecule has 1 aliphatic rings. The van der Waals surface area contributed by atoms with Crippen LogP contribution in [0.4, 0.5) is 11.4 Å². The Morgan fingerprint density at radius 3 is 2.12 bits per heavy atom. The molecule has 218 valence electrons. The molecule has 0 spiro atoms. The van der Waals surface area contributed by atoms with Gasteiger partial charge in [0.15, 0.2) is 0 Å². The van der Waals surface area contributed by atoms with Crippen molar-refractivity contribution < 1.29 is 28.7 Å². The normalized spacial score (nSPS) is 13.4. The standard InChI is InChI=1S/C33H33ClN2O6/c1-6-7-18-41-31(39)21-11-15-24(16-12-21)36-29(37)27(34)28(30(36)38)35-23-13-9-22(10-14-23)32(40)42-26-17-8-20(2)19-25(26)33(3,4)5/h8-17,19,35H,6-7,18H2,1-5H3. The van der Waals surface area contributed by atoms with Gasteiger partial charge in [-0.25, -0.2) is 14.5 Å². The number of unbranched alkanes of at least 4 members (excludes halogenated alkanes) is 1. The van der Waals surface area contributed by atoms with Crippen molar-refractivity contribution in [2.24, 2.45) is 0 Å². The Morgan fingerprint density at radius 1 is 0.881 bits per heavy atom. The highest BCUT2D eigenvalue weighted by molar-refractivity contribution is 6.53. The molecule has 8 nitrogen and oxygen atoms in total. The second-order valence-electron chi connectivity index (χ2n) is 11.0. The van der Waals surface area contributed by atoms with Crippen LogP contribution in [0.2, 0.25) is 0 Å². The fourth-order valence-electron chi connectivity index (χ4n) is 4.30. The van der Waals surface area contributed by atoms with Crippen LogP contribution in [-0.4, -0.2) is 30.4 Å². The Bertz CT molecular complexity index is 1550. The largest absolute Gasteiger partial charge is 0.462 e. The minimum atomic E-state index is -0.699. The SMILES string of the molecule is CCCCOC(=O)c1ccc(N2C(=O)C(Cl)=C(Nc3ccc(C(=O)Oc4ccc(C)cc4C(C)(C)C)cc3)C2=O)cc1. The van der Waals surface area contributed by atoms with Gasteiger partial charge in [0.2, 0.25) is 0 Å². The van der Waals surface area contributed by atoms with Crippen LogP contribution in [0.5, 0.6) is 5.75 Å². The number of esters is 2. The van der Waals surface area contributed by atoms with Crippen LogP contribution >= 0.6 is 11.6 Å². The molecule has 0 saturated carbocycles. The van der Waals surface area contributed by atoms with Crippen LogP contribution in [0.15, 0.2) is 77.5 Å². The third-order valence-corrected chi connectivity index (χ3v) is 7.01. The number of nitrogens with zero attached hydrogens (tertiary/aromatic N) is 1. The molecule has 0 radical (unpaired) electrons. The second kappa shape index (κ2) is 12.6. The van der Waals surface area contributed by atoms with E-state index in [4.69, 9.17) is 21.1 Å². The molecule has 1 N–H and O–H groups in total. The van der Waals surface area contributed by atoms with E-state index in [2.05, 4.69) is 26.1 Å². The lowest BCUT2D eigenvalue weighted by molar-refractivity contribution is -0.120. The summed E-state index contributed by atoms with van der Waals surface area (Å²) in [5.74, 6) is -1.86. The maximum atomic E-state index is 13.2. The summed E-state index contributed by atoms with van der Waals surface area (Å²) in [6, 6.07) is 17.9. The van der Waals surface area contributed by atoms with Crippen molar-refractivity contribution >= 4 is 46.7 Å². The fraction of sp³-hybridized carbons (Fsp3) is 0.273. The second-order valence-corrected chi connectivity index (χ2v) is 11.4. The molecule has 0 aromatic heterocycles. The molecule has 3 aromatic rings. The maximum Gasteiger partial charge on any atom is 0.343 e.